The summed E-state index contributed by atoms with van der Waals surface area (Å²) in [4.78, 5) is 18.3. The van der Waals surface area contributed by atoms with Gasteiger partial charge in [-0.25, -0.2) is 20.2 Å². The monoisotopic (exact) mass is 151 g/mol. The van der Waals surface area contributed by atoms with Crippen LogP contribution in [0.4, 0.5) is 16.3 Å². The molecule has 2 rings (SSSR count). The van der Waals surface area contributed by atoms with Gasteiger partial charge in [-0.05, 0) is 0 Å². The molecule has 0 aromatic carbocycles. The van der Waals surface area contributed by atoms with Crippen LogP contribution in [0.3, 0.4) is 0 Å². The molecule has 1 aromatic heterocycles. The van der Waals surface area contributed by atoms with Gasteiger partial charge in [-0.15, -0.1) is 0 Å². The number of hydrogen-bond acceptors (Lipinski definition) is 4. The summed E-state index contributed by atoms with van der Waals surface area (Å²) in [5, 5.41) is 2.52. The Balaban J connectivity index is 2.41. The van der Waals surface area contributed by atoms with E-state index >= 15 is 0 Å². The topological polar surface area (TPSA) is 78.9 Å². The Morgan fingerprint density at radius 3 is 3.18 bits per heavy atom. The van der Waals surface area contributed by atoms with E-state index in [1.165, 1.54) is 12.5 Å². The Bertz CT molecular complexity index is 299. The van der Waals surface area contributed by atoms with E-state index in [0.717, 1.165) is 0 Å². The molecule has 1 aliphatic heterocycles. The van der Waals surface area contributed by atoms with E-state index in [0.29, 0.717) is 11.5 Å². The summed E-state index contributed by atoms with van der Waals surface area (Å²) < 4.78 is 0. The van der Waals surface area contributed by atoms with E-state index in [1.54, 1.807) is 0 Å². The van der Waals surface area contributed by atoms with Crippen LogP contribution in [0, 0.1) is 0 Å². The number of carbonyl (C=O) groups excluding carboxylic acids is 1. The van der Waals surface area contributed by atoms with Crippen molar-refractivity contribution in [3.8, 4) is 0 Å². The molecule has 56 valence electrons. The van der Waals surface area contributed by atoms with Crippen LogP contribution in [0.5, 0.6) is 0 Å². The Kier molecular flexibility index (Phi) is 1.12. The fourth-order valence-electron chi connectivity index (χ4n) is 0.790. The number of hydrazine groups is 1. The number of hydrogen-bond donors (Lipinski definition) is 3. The minimum Gasteiger partial charge on any atom is -0.302 e. The number of aromatic nitrogens is 2. The van der Waals surface area contributed by atoms with Gasteiger partial charge in [0.25, 0.3) is 0 Å². The molecule has 0 saturated carbocycles. The summed E-state index contributed by atoms with van der Waals surface area (Å²) >= 11 is 0. The molecule has 6 nitrogen and oxygen atoms in total. The minimum absolute atomic E-state index is 0.313. The lowest BCUT2D eigenvalue weighted by Crippen LogP contribution is -2.38. The molecule has 0 spiro atoms. The van der Waals surface area contributed by atoms with E-state index in [1.807, 2.05) is 0 Å². The van der Waals surface area contributed by atoms with Crippen molar-refractivity contribution in [3.63, 3.8) is 0 Å². The fraction of sp³-hybridized carbons (Fsp3) is 0. The third-order valence-corrected chi connectivity index (χ3v) is 1.25. The zero-order chi connectivity index (χ0) is 7.68. The molecular weight excluding hydrogens is 146 g/mol. The van der Waals surface area contributed by atoms with Crippen molar-refractivity contribution >= 4 is 17.5 Å². The quantitative estimate of drug-likeness (QED) is 0.485. The number of fused-ring (bicyclic) bond motifs is 1. The summed E-state index contributed by atoms with van der Waals surface area (Å²) in [5.74, 6) is 0.569. The first kappa shape index (κ1) is 5.90. The summed E-state index contributed by atoms with van der Waals surface area (Å²) in [7, 11) is 0. The molecule has 0 fully saturated rings. The number of nitrogens with one attached hydrogen (secondary N) is 3. The number of anilines is 2. The van der Waals surface area contributed by atoms with Crippen molar-refractivity contribution < 1.29 is 4.79 Å². The molecule has 0 saturated heterocycles. The molecular formula is C5H5N5O. The van der Waals surface area contributed by atoms with Gasteiger partial charge in [0, 0.05) is 0 Å². The van der Waals surface area contributed by atoms with Crippen molar-refractivity contribution in [2.24, 2.45) is 0 Å². The van der Waals surface area contributed by atoms with Crippen LogP contribution in [0.25, 0.3) is 0 Å². The van der Waals surface area contributed by atoms with Crippen LogP contribution in [0.2, 0.25) is 0 Å². The van der Waals surface area contributed by atoms with Gasteiger partial charge in [0.1, 0.15) is 12.0 Å². The average molecular weight is 151 g/mol. The van der Waals surface area contributed by atoms with E-state index in [9.17, 15) is 4.79 Å². The molecule has 0 atom stereocenters. The highest BCUT2D eigenvalue weighted by Crippen LogP contribution is 2.17. The number of nitrogens with zero attached hydrogens (tertiary/aromatic N) is 2. The van der Waals surface area contributed by atoms with E-state index in [4.69, 9.17) is 0 Å². The van der Waals surface area contributed by atoms with Crippen molar-refractivity contribution in [3.05, 3.63) is 12.5 Å². The molecule has 6 heteroatoms. The van der Waals surface area contributed by atoms with Crippen molar-refractivity contribution in [1.82, 2.24) is 15.4 Å². The maximum Gasteiger partial charge on any atom is 0.338 e. The largest absolute Gasteiger partial charge is 0.338 e. The van der Waals surface area contributed by atoms with Crippen LogP contribution in [0.1, 0.15) is 0 Å². The predicted octanol–water partition coefficient (Wildman–Crippen LogP) is -0.0614. The van der Waals surface area contributed by atoms with Gasteiger partial charge < -0.3 is 5.32 Å². The molecule has 0 aliphatic carbocycles. The standard InChI is InChI=1S/C5H5N5O/c11-5-8-3-1-6-2-7-4(3)9-10-5/h1-2H,(H,6,7,9)(H2,8,10,11). The molecule has 0 unspecified atom stereocenters. The highest BCUT2D eigenvalue weighted by atomic mass is 16.2. The van der Waals surface area contributed by atoms with E-state index < -0.39 is 0 Å². The van der Waals surface area contributed by atoms with Gasteiger partial charge in [-0.2, -0.15) is 0 Å². The zero-order valence-electron chi connectivity index (χ0n) is 5.46. The first-order valence-electron chi connectivity index (χ1n) is 2.99. The Hall–Kier alpha value is -1.85. The van der Waals surface area contributed by atoms with Gasteiger partial charge in [0.05, 0.1) is 6.20 Å². The van der Waals surface area contributed by atoms with Gasteiger partial charge in [0.15, 0.2) is 5.82 Å². The van der Waals surface area contributed by atoms with Crippen molar-refractivity contribution in [2.75, 3.05) is 10.7 Å². The lowest BCUT2D eigenvalue weighted by molar-refractivity contribution is 0.253. The normalized spacial score (nSPS) is 14.0. The van der Waals surface area contributed by atoms with Gasteiger partial charge in [0.2, 0.25) is 0 Å². The number of carbonyl (C=O) groups is 1. The first-order chi connectivity index (χ1) is 5.36. The fourth-order valence-corrected chi connectivity index (χ4v) is 0.790. The molecule has 0 radical (unpaired) electrons. The summed E-state index contributed by atoms with van der Waals surface area (Å²) in [6, 6.07) is -0.313. The summed E-state index contributed by atoms with van der Waals surface area (Å²) in [6.45, 7) is 0. The van der Waals surface area contributed by atoms with Crippen molar-refractivity contribution in [2.45, 2.75) is 0 Å². The smallest absolute Gasteiger partial charge is 0.302 e. The lowest BCUT2D eigenvalue weighted by atomic mass is 10.4. The second-order valence-electron chi connectivity index (χ2n) is 1.99. The van der Waals surface area contributed by atoms with E-state index in [2.05, 4.69) is 26.1 Å². The average Bonchev–Trinajstić information content (AvgIpc) is 2.04. The van der Waals surface area contributed by atoms with E-state index in [-0.39, 0.29) is 6.03 Å². The lowest BCUT2D eigenvalue weighted by Gasteiger charge is -2.17. The summed E-state index contributed by atoms with van der Waals surface area (Å²) in [6.07, 6.45) is 2.92. The minimum atomic E-state index is -0.313. The second-order valence-corrected chi connectivity index (χ2v) is 1.99. The second kappa shape index (κ2) is 2.08. The molecule has 1 aromatic rings. The van der Waals surface area contributed by atoms with Gasteiger partial charge in [-0.1, -0.05) is 0 Å². The predicted molar refractivity (Wildman–Crippen MR) is 37.8 cm³/mol. The third-order valence-electron chi connectivity index (χ3n) is 1.25. The zero-order valence-corrected chi connectivity index (χ0v) is 5.46. The van der Waals surface area contributed by atoms with Gasteiger partial charge in [-0.3, -0.25) is 5.43 Å². The SMILES string of the molecule is O=C1NNc2ncncc2N1. The Labute approximate surface area is 62.0 Å². The molecule has 0 bridgehead atoms. The molecule has 3 N–H and O–H groups in total. The van der Waals surface area contributed by atoms with Crippen molar-refractivity contribution in [1.29, 1.82) is 0 Å². The third kappa shape index (κ3) is 0.936. The van der Waals surface area contributed by atoms with Crippen LogP contribution in [0.15, 0.2) is 12.5 Å². The number of amides is 2. The van der Waals surface area contributed by atoms with Crippen LogP contribution in [-0.4, -0.2) is 16.0 Å². The molecule has 2 heterocycles. The van der Waals surface area contributed by atoms with Crippen LogP contribution < -0.4 is 16.2 Å². The maximum absolute atomic E-state index is 10.7. The highest BCUT2D eigenvalue weighted by molar-refractivity contribution is 5.95. The Morgan fingerprint density at radius 2 is 2.27 bits per heavy atom. The number of urea groups is 1. The van der Waals surface area contributed by atoms with Gasteiger partial charge >= 0.3 is 6.03 Å². The van der Waals surface area contributed by atoms with Crippen LogP contribution >= 0.6 is 0 Å². The Morgan fingerprint density at radius 1 is 1.36 bits per heavy atom. The molecule has 11 heavy (non-hydrogen) atoms. The molecule has 2 amide bonds. The number of rotatable bonds is 0. The maximum atomic E-state index is 10.7. The van der Waals surface area contributed by atoms with Crippen LogP contribution in [-0.2, 0) is 0 Å². The first-order valence-corrected chi connectivity index (χ1v) is 2.99. The highest BCUT2D eigenvalue weighted by Gasteiger charge is 2.12. The summed E-state index contributed by atoms with van der Waals surface area (Å²) in [5.41, 5.74) is 5.53. The molecule has 1 aliphatic rings.